The van der Waals surface area contributed by atoms with Crippen molar-refractivity contribution in [2.24, 2.45) is 11.8 Å². The Morgan fingerprint density at radius 1 is 1.13 bits per heavy atom. The van der Waals surface area contributed by atoms with Crippen molar-refractivity contribution in [3.05, 3.63) is 29.8 Å². The van der Waals surface area contributed by atoms with Gasteiger partial charge in [-0.1, -0.05) is 0 Å². The lowest BCUT2D eigenvalue weighted by Crippen LogP contribution is -2.49. The van der Waals surface area contributed by atoms with Crippen molar-refractivity contribution in [2.75, 3.05) is 20.7 Å². The van der Waals surface area contributed by atoms with E-state index in [-0.39, 0.29) is 45.9 Å². The zero-order chi connectivity index (χ0) is 27.4. The minimum atomic E-state index is -0.534. The van der Waals surface area contributed by atoms with Crippen LogP contribution in [0.2, 0.25) is 0 Å². The highest BCUT2D eigenvalue weighted by Gasteiger charge is 2.55. The number of likely N-dealkylation sites (tertiary alicyclic amines) is 2. The first-order valence-electron chi connectivity index (χ1n) is 14.1. The summed E-state index contributed by atoms with van der Waals surface area (Å²) >= 11 is 0. The molecule has 0 bridgehead atoms. The molecule has 2 aliphatic heterocycles. The summed E-state index contributed by atoms with van der Waals surface area (Å²) in [4.78, 5) is 46.6. The fourth-order valence-corrected chi connectivity index (χ4v) is 7.24. The van der Waals surface area contributed by atoms with Crippen LogP contribution in [-0.2, 0) is 9.59 Å². The zero-order valence-electron chi connectivity index (χ0n) is 22.7. The zero-order valence-corrected chi connectivity index (χ0v) is 22.7. The number of halogens is 1. The number of carbonyl (C=O) groups is 3. The van der Waals surface area contributed by atoms with E-state index in [0.717, 1.165) is 51.1 Å². The van der Waals surface area contributed by atoms with E-state index in [1.54, 1.807) is 6.07 Å². The van der Waals surface area contributed by atoms with Crippen LogP contribution in [0.5, 0.6) is 5.88 Å². The standard InChI is InChI=1S/C29H36FN5O4/c1-34-26(37)5-9-28(34)7-3-18(4-8-28)13-24(36)19-6-12-35(29(16-19)10-11-29)27(38)23-15-22(32-33-23)20-14-25(39-2)31-17-21(20)30/h14-15,17-19H,3-13,16H2,1-2H3,(H,32,33)/t18-,19-,28+/m1/s1. The maximum atomic E-state index is 14.4. The number of ether oxygens (including phenoxy) is 1. The maximum absolute atomic E-state index is 14.4. The molecule has 2 aromatic rings. The van der Waals surface area contributed by atoms with Gasteiger partial charge in [0.1, 0.15) is 5.78 Å². The number of carbonyl (C=O) groups excluding carboxylic acids is 3. The molecule has 2 amide bonds. The Labute approximate surface area is 227 Å². The Balaban J connectivity index is 1.07. The lowest BCUT2D eigenvalue weighted by atomic mass is 9.72. The van der Waals surface area contributed by atoms with Crippen LogP contribution >= 0.6 is 0 Å². The van der Waals surface area contributed by atoms with Crippen LogP contribution in [0.4, 0.5) is 4.39 Å². The van der Waals surface area contributed by atoms with E-state index < -0.39 is 5.82 Å². The van der Waals surface area contributed by atoms with Crippen LogP contribution in [0, 0.1) is 17.7 Å². The van der Waals surface area contributed by atoms with Gasteiger partial charge in [0.15, 0.2) is 11.5 Å². The number of amides is 2. The Hall–Kier alpha value is -3.30. The molecule has 2 aromatic heterocycles. The average Bonchev–Trinajstić information content (AvgIpc) is 3.42. The summed E-state index contributed by atoms with van der Waals surface area (Å²) < 4.78 is 19.5. The molecule has 0 radical (unpaired) electrons. The average molecular weight is 538 g/mol. The molecule has 2 saturated carbocycles. The number of aromatic amines is 1. The molecule has 2 saturated heterocycles. The van der Waals surface area contributed by atoms with E-state index in [2.05, 4.69) is 15.2 Å². The van der Waals surface area contributed by atoms with Crippen LogP contribution in [-0.4, -0.2) is 74.4 Å². The van der Waals surface area contributed by atoms with Crippen molar-refractivity contribution in [1.82, 2.24) is 25.0 Å². The van der Waals surface area contributed by atoms with Crippen molar-refractivity contribution in [1.29, 1.82) is 0 Å². The van der Waals surface area contributed by atoms with Gasteiger partial charge < -0.3 is 14.5 Å². The number of nitrogens with one attached hydrogen (secondary N) is 1. The van der Waals surface area contributed by atoms with Gasteiger partial charge in [0.2, 0.25) is 11.8 Å². The molecule has 9 nitrogen and oxygen atoms in total. The molecular formula is C29H36FN5O4. The largest absolute Gasteiger partial charge is 0.481 e. The van der Waals surface area contributed by atoms with Gasteiger partial charge in [-0.15, -0.1) is 0 Å². The maximum Gasteiger partial charge on any atom is 0.274 e. The number of ketones is 1. The van der Waals surface area contributed by atoms with Crippen LogP contribution in [0.25, 0.3) is 11.3 Å². The topological polar surface area (TPSA) is 108 Å². The third-order valence-corrected chi connectivity index (χ3v) is 9.97. The Kier molecular flexibility index (Phi) is 6.46. The van der Waals surface area contributed by atoms with Gasteiger partial charge in [-0.25, -0.2) is 9.37 Å². The van der Waals surface area contributed by atoms with E-state index in [1.165, 1.54) is 13.2 Å². The van der Waals surface area contributed by atoms with Gasteiger partial charge in [-0.2, -0.15) is 5.10 Å². The molecule has 1 N–H and O–H groups in total. The van der Waals surface area contributed by atoms with Gasteiger partial charge in [0, 0.05) is 55.1 Å². The van der Waals surface area contributed by atoms with E-state index in [1.807, 2.05) is 16.8 Å². The van der Waals surface area contributed by atoms with Crippen molar-refractivity contribution >= 4 is 17.6 Å². The number of hydrogen-bond acceptors (Lipinski definition) is 6. The molecule has 4 aliphatic rings. The summed E-state index contributed by atoms with van der Waals surface area (Å²) in [5.74, 6) is 0.494. The molecule has 4 fully saturated rings. The number of H-pyrrole nitrogens is 1. The first kappa shape index (κ1) is 26.0. The summed E-state index contributed by atoms with van der Waals surface area (Å²) in [7, 11) is 3.39. The molecule has 10 heteroatoms. The minimum absolute atomic E-state index is 0.0156. The Morgan fingerprint density at radius 2 is 1.90 bits per heavy atom. The number of nitrogens with zero attached hydrogens (tertiary/aromatic N) is 4. The van der Waals surface area contributed by atoms with E-state index in [0.29, 0.717) is 49.6 Å². The predicted molar refractivity (Wildman–Crippen MR) is 140 cm³/mol. The van der Waals surface area contributed by atoms with Crippen molar-refractivity contribution in [2.45, 2.75) is 81.7 Å². The molecule has 0 unspecified atom stereocenters. The van der Waals surface area contributed by atoms with Crippen molar-refractivity contribution < 1.29 is 23.5 Å². The number of piperidine rings is 1. The monoisotopic (exact) mass is 537 g/mol. The fourth-order valence-electron chi connectivity index (χ4n) is 7.24. The molecule has 2 spiro atoms. The van der Waals surface area contributed by atoms with E-state index in [9.17, 15) is 18.8 Å². The Morgan fingerprint density at radius 3 is 2.56 bits per heavy atom. The summed E-state index contributed by atoms with van der Waals surface area (Å²) in [5, 5.41) is 6.97. The summed E-state index contributed by atoms with van der Waals surface area (Å²) in [6.45, 7) is 0.523. The first-order chi connectivity index (χ1) is 18.7. The molecule has 4 heterocycles. The fraction of sp³-hybridized carbons (Fsp3) is 0.621. The van der Waals surface area contributed by atoms with E-state index >= 15 is 0 Å². The van der Waals surface area contributed by atoms with Gasteiger partial charge in [-0.05, 0) is 69.8 Å². The molecule has 6 rings (SSSR count). The Bertz CT molecular complexity index is 1300. The number of methoxy groups -OCH3 is 1. The highest BCUT2D eigenvalue weighted by atomic mass is 19.1. The highest BCUT2D eigenvalue weighted by molar-refractivity contribution is 5.94. The van der Waals surface area contributed by atoms with Gasteiger partial charge >= 0.3 is 0 Å². The van der Waals surface area contributed by atoms with E-state index in [4.69, 9.17) is 4.74 Å². The second-order valence-corrected chi connectivity index (χ2v) is 12.0. The van der Waals surface area contributed by atoms with Crippen molar-refractivity contribution in [3.63, 3.8) is 0 Å². The summed E-state index contributed by atoms with van der Waals surface area (Å²) in [6.07, 6.45) is 10.4. The van der Waals surface area contributed by atoms with Gasteiger partial charge in [-0.3, -0.25) is 19.5 Å². The first-order valence-corrected chi connectivity index (χ1v) is 14.1. The van der Waals surface area contributed by atoms with Crippen LogP contribution in [0.15, 0.2) is 18.3 Å². The van der Waals surface area contributed by atoms with Crippen LogP contribution in [0.1, 0.15) is 81.1 Å². The molecule has 39 heavy (non-hydrogen) atoms. The third kappa shape index (κ3) is 4.61. The number of Topliss-reactive ketones (excluding diaryl/α,β-unsaturated/α-hetero) is 1. The molecule has 0 aromatic carbocycles. The molecule has 2 aliphatic carbocycles. The molecule has 1 atom stereocenters. The summed E-state index contributed by atoms with van der Waals surface area (Å²) in [6, 6.07) is 3.03. The molecular weight excluding hydrogens is 501 g/mol. The number of hydrogen-bond donors (Lipinski definition) is 1. The predicted octanol–water partition coefficient (Wildman–Crippen LogP) is 4.14. The molecule has 208 valence electrons. The lowest BCUT2D eigenvalue weighted by Gasteiger charge is -2.43. The smallest absolute Gasteiger partial charge is 0.274 e. The van der Waals surface area contributed by atoms with Crippen molar-refractivity contribution in [3.8, 4) is 17.1 Å². The van der Waals surface area contributed by atoms with Crippen LogP contribution in [0.3, 0.4) is 0 Å². The summed E-state index contributed by atoms with van der Waals surface area (Å²) in [5.41, 5.74) is 0.598. The van der Waals surface area contributed by atoms with Gasteiger partial charge in [0.05, 0.1) is 19.0 Å². The normalized spacial score (nSPS) is 27.8. The minimum Gasteiger partial charge on any atom is -0.481 e. The SMILES string of the molecule is COc1cc(-c2cc(C(=O)N3CC[C@@H](C(=O)C[C@H]4CC[C@]5(CCC(=O)N5C)CC4)CC34CC4)n[nH]2)c(F)cn1. The number of aromatic nitrogens is 3. The quantitative estimate of drug-likeness (QED) is 0.593. The number of rotatable bonds is 6. The second-order valence-electron chi connectivity index (χ2n) is 12.0. The third-order valence-electron chi connectivity index (χ3n) is 9.97. The lowest BCUT2D eigenvalue weighted by molar-refractivity contribution is -0.131. The van der Waals surface area contributed by atoms with Crippen LogP contribution < -0.4 is 4.74 Å². The highest BCUT2D eigenvalue weighted by Crippen LogP contribution is 2.51. The number of pyridine rings is 1. The second kappa shape index (κ2) is 9.71. The van der Waals surface area contributed by atoms with Gasteiger partial charge in [0.25, 0.3) is 5.91 Å².